The van der Waals surface area contributed by atoms with E-state index in [1.54, 1.807) is 24.3 Å². The van der Waals surface area contributed by atoms with Crippen LogP contribution in [0.1, 0.15) is 11.1 Å². The fourth-order valence-electron chi connectivity index (χ4n) is 2.00. The minimum absolute atomic E-state index is 0.0448. The first-order chi connectivity index (χ1) is 10.9. The Balaban J connectivity index is 2.04. The Morgan fingerprint density at radius 3 is 2.39 bits per heavy atom. The molecule has 0 aromatic heterocycles. The molecule has 0 spiro atoms. The van der Waals surface area contributed by atoms with Crippen molar-refractivity contribution in [1.29, 1.82) is 5.26 Å². The van der Waals surface area contributed by atoms with Gasteiger partial charge in [0.05, 0.1) is 21.5 Å². The number of benzene rings is 2. The molecule has 0 aliphatic heterocycles. The Kier molecular flexibility index (Phi) is 5.05. The van der Waals surface area contributed by atoms with Crippen molar-refractivity contribution < 1.29 is 13.3 Å². The zero-order valence-corrected chi connectivity index (χ0v) is 12.8. The first-order valence-corrected chi connectivity index (χ1v) is 8.14. The van der Waals surface area contributed by atoms with Crippen LogP contribution in [0.25, 0.3) is 0 Å². The van der Waals surface area contributed by atoms with E-state index >= 15 is 0 Å². The summed E-state index contributed by atoms with van der Waals surface area (Å²) in [5.41, 5.74) is 1.08. The maximum atomic E-state index is 12.1. The second-order valence-electron chi connectivity index (χ2n) is 4.67. The summed E-state index contributed by atoms with van der Waals surface area (Å²) in [7, 11) is -3.75. The highest BCUT2D eigenvalue weighted by molar-refractivity contribution is 7.89. The molecule has 2 aromatic rings. The molecule has 118 valence electrons. The highest BCUT2D eigenvalue weighted by Crippen LogP contribution is 2.15. The number of nitro groups is 1. The molecule has 2 rings (SSSR count). The fraction of sp³-hybridized carbons (Fsp3) is 0.133. The number of rotatable bonds is 6. The van der Waals surface area contributed by atoms with Crippen LogP contribution in [0.2, 0.25) is 0 Å². The van der Waals surface area contributed by atoms with Crippen molar-refractivity contribution in [1.82, 2.24) is 4.72 Å². The quantitative estimate of drug-likeness (QED) is 0.642. The predicted molar refractivity (Wildman–Crippen MR) is 83.1 cm³/mol. The minimum atomic E-state index is -3.75. The van der Waals surface area contributed by atoms with Crippen LogP contribution >= 0.6 is 0 Å². The van der Waals surface area contributed by atoms with Gasteiger partial charge in [-0.25, -0.2) is 13.1 Å². The number of nitriles is 1. The van der Waals surface area contributed by atoms with Crippen molar-refractivity contribution >= 4 is 15.7 Å². The molecule has 23 heavy (non-hydrogen) atoms. The van der Waals surface area contributed by atoms with Gasteiger partial charge in [0.15, 0.2) is 0 Å². The monoisotopic (exact) mass is 331 g/mol. The van der Waals surface area contributed by atoms with Crippen LogP contribution in [0.3, 0.4) is 0 Å². The van der Waals surface area contributed by atoms with Crippen molar-refractivity contribution in [2.24, 2.45) is 0 Å². The Labute approximate surface area is 133 Å². The molecule has 2 aromatic carbocycles. The third-order valence-corrected chi connectivity index (χ3v) is 4.66. The maximum absolute atomic E-state index is 12.1. The van der Waals surface area contributed by atoms with Crippen LogP contribution in [-0.2, 0) is 16.4 Å². The molecule has 0 saturated heterocycles. The molecule has 0 fully saturated rings. The summed E-state index contributed by atoms with van der Waals surface area (Å²) in [5, 5.41) is 19.5. The summed E-state index contributed by atoms with van der Waals surface area (Å²) < 4.78 is 26.6. The molecule has 0 unspecified atom stereocenters. The molecule has 1 N–H and O–H groups in total. The lowest BCUT2D eigenvalue weighted by atomic mass is 10.1. The number of nitro benzene ring substituents is 1. The number of nitrogens with one attached hydrogen (secondary N) is 1. The van der Waals surface area contributed by atoms with Gasteiger partial charge < -0.3 is 0 Å². The molecule has 0 aliphatic carbocycles. The summed E-state index contributed by atoms with van der Waals surface area (Å²) >= 11 is 0. The van der Waals surface area contributed by atoms with E-state index in [0.29, 0.717) is 12.0 Å². The third kappa shape index (κ3) is 4.12. The summed E-state index contributed by atoms with van der Waals surface area (Å²) in [6, 6.07) is 13.6. The lowest BCUT2D eigenvalue weighted by molar-refractivity contribution is -0.384. The minimum Gasteiger partial charge on any atom is -0.258 e. The van der Waals surface area contributed by atoms with E-state index in [1.165, 1.54) is 12.1 Å². The first kappa shape index (κ1) is 16.6. The van der Waals surface area contributed by atoms with Crippen molar-refractivity contribution in [3.63, 3.8) is 0 Å². The van der Waals surface area contributed by atoms with E-state index < -0.39 is 14.9 Å². The van der Waals surface area contributed by atoms with Crippen molar-refractivity contribution in [3.05, 3.63) is 69.8 Å². The van der Waals surface area contributed by atoms with Gasteiger partial charge in [-0.1, -0.05) is 18.2 Å². The van der Waals surface area contributed by atoms with E-state index in [2.05, 4.69) is 10.8 Å². The molecule has 0 radical (unpaired) electrons. The molecule has 0 aliphatic rings. The standard InChI is InChI=1S/C15H13N3O4S/c16-11-13-4-2-1-3-12(13)9-10-17-23(21,22)15-7-5-14(6-8-15)18(19)20/h1-8,17H,9-10H2. The average molecular weight is 331 g/mol. The zero-order valence-electron chi connectivity index (χ0n) is 12.0. The number of non-ortho nitro benzene ring substituents is 1. The van der Waals surface area contributed by atoms with E-state index in [9.17, 15) is 18.5 Å². The topological polar surface area (TPSA) is 113 Å². The summed E-state index contributed by atoms with van der Waals surface area (Å²) in [6.07, 6.45) is 0.371. The van der Waals surface area contributed by atoms with Crippen molar-refractivity contribution in [3.8, 4) is 6.07 Å². The van der Waals surface area contributed by atoms with Crippen LogP contribution < -0.4 is 4.72 Å². The van der Waals surface area contributed by atoms with Gasteiger partial charge in [-0.15, -0.1) is 0 Å². The molecule has 0 atom stereocenters. The van der Waals surface area contributed by atoms with Gasteiger partial charge in [0.2, 0.25) is 10.0 Å². The van der Waals surface area contributed by atoms with E-state index in [4.69, 9.17) is 5.26 Å². The Hall–Kier alpha value is -2.76. The lowest BCUT2D eigenvalue weighted by Crippen LogP contribution is -2.26. The normalized spacial score (nSPS) is 10.9. The van der Waals surface area contributed by atoms with E-state index in [-0.39, 0.29) is 17.1 Å². The van der Waals surface area contributed by atoms with Gasteiger partial charge >= 0.3 is 0 Å². The van der Waals surface area contributed by atoms with Gasteiger partial charge in [-0.05, 0) is 30.2 Å². The predicted octanol–water partition coefficient (Wildman–Crippen LogP) is 1.99. The van der Waals surface area contributed by atoms with Gasteiger partial charge in [0, 0.05) is 18.7 Å². The fourth-order valence-corrected chi connectivity index (χ4v) is 3.03. The summed E-state index contributed by atoms with van der Waals surface area (Å²) in [6.45, 7) is 0.123. The Morgan fingerprint density at radius 2 is 1.78 bits per heavy atom. The van der Waals surface area contributed by atoms with Gasteiger partial charge in [-0.2, -0.15) is 5.26 Å². The average Bonchev–Trinajstić information content (AvgIpc) is 2.55. The lowest BCUT2D eigenvalue weighted by Gasteiger charge is -2.07. The smallest absolute Gasteiger partial charge is 0.258 e. The summed E-state index contributed by atoms with van der Waals surface area (Å²) in [5.74, 6) is 0. The van der Waals surface area contributed by atoms with Gasteiger partial charge in [-0.3, -0.25) is 10.1 Å². The highest BCUT2D eigenvalue weighted by atomic mass is 32.2. The SMILES string of the molecule is N#Cc1ccccc1CCNS(=O)(=O)c1ccc([N+](=O)[O-])cc1. The van der Waals surface area contributed by atoms with Gasteiger partial charge in [0.1, 0.15) is 0 Å². The molecular formula is C15H13N3O4S. The molecule has 0 saturated carbocycles. The van der Waals surface area contributed by atoms with Crippen LogP contribution in [0.4, 0.5) is 5.69 Å². The van der Waals surface area contributed by atoms with Crippen LogP contribution in [0, 0.1) is 21.4 Å². The van der Waals surface area contributed by atoms with Crippen LogP contribution in [-0.4, -0.2) is 19.9 Å². The van der Waals surface area contributed by atoms with Crippen molar-refractivity contribution in [2.45, 2.75) is 11.3 Å². The molecule has 0 heterocycles. The zero-order chi connectivity index (χ0) is 16.9. The largest absolute Gasteiger partial charge is 0.269 e. The number of sulfonamides is 1. The van der Waals surface area contributed by atoms with E-state index in [0.717, 1.165) is 17.7 Å². The molecule has 0 amide bonds. The number of nitrogens with zero attached hydrogens (tertiary/aromatic N) is 2. The summed E-state index contributed by atoms with van der Waals surface area (Å²) in [4.78, 5) is 9.93. The first-order valence-electron chi connectivity index (χ1n) is 6.66. The van der Waals surface area contributed by atoms with Gasteiger partial charge in [0.25, 0.3) is 5.69 Å². The second-order valence-corrected chi connectivity index (χ2v) is 6.43. The van der Waals surface area contributed by atoms with Crippen LogP contribution in [0.15, 0.2) is 53.4 Å². The second kappa shape index (κ2) is 7.00. The number of hydrogen-bond acceptors (Lipinski definition) is 5. The molecule has 0 bridgehead atoms. The Bertz CT molecular complexity index is 855. The maximum Gasteiger partial charge on any atom is 0.269 e. The molecular weight excluding hydrogens is 318 g/mol. The highest BCUT2D eigenvalue weighted by Gasteiger charge is 2.15. The van der Waals surface area contributed by atoms with Crippen molar-refractivity contribution in [2.75, 3.05) is 6.54 Å². The molecule has 7 nitrogen and oxygen atoms in total. The van der Waals surface area contributed by atoms with Crippen LogP contribution in [0.5, 0.6) is 0 Å². The Morgan fingerprint density at radius 1 is 1.13 bits per heavy atom. The molecule has 8 heteroatoms. The third-order valence-electron chi connectivity index (χ3n) is 3.18. The number of hydrogen-bond donors (Lipinski definition) is 1. The van der Waals surface area contributed by atoms with E-state index in [1.807, 2.05) is 0 Å².